The van der Waals surface area contributed by atoms with Crippen LogP contribution in [0.4, 0.5) is 0 Å². The molecule has 0 spiro atoms. The van der Waals surface area contributed by atoms with Crippen LogP contribution in [0.1, 0.15) is 42.6 Å². The zero-order chi connectivity index (χ0) is 13.0. The van der Waals surface area contributed by atoms with Gasteiger partial charge in [-0.3, -0.25) is 0 Å². The molecular formula is C15H20N2S. The fourth-order valence-electron chi connectivity index (χ4n) is 2.02. The number of nitrogens with zero attached hydrogens (tertiary/aromatic N) is 1. The standard InChI is InChI=1S/C15H20N2S/c1-11(2)13-6-4-12(5-7-13)8-14(16-3)15-9-18-10-17-15/h4-7,9-11,14,16H,8H2,1-3H3. The Morgan fingerprint density at radius 2 is 1.94 bits per heavy atom. The van der Waals surface area contributed by atoms with Crippen molar-refractivity contribution in [2.75, 3.05) is 7.05 Å². The van der Waals surface area contributed by atoms with Gasteiger partial charge in [-0.1, -0.05) is 38.1 Å². The van der Waals surface area contributed by atoms with Gasteiger partial charge >= 0.3 is 0 Å². The van der Waals surface area contributed by atoms with Gasteiger partial charge < -0.3 is 5.32 Å². The molecule has 96 valence electrons. The lowest BCUT2D eigenvalue weighted by atomic mass is 9.98. The molecule has 2 rings (SSSR count). The molecule has 0 fully saturated rings. The minimum absolute atomic E-state index is 0.307. The molecule has 0 aliphatic rings. The van der Waals surface area contributed by atoms with Crippen molar-refractivity contribution in [1.29, 1.82) is 0 Å². The Hall–Kier alpha value is -1.19. The van der Waals surface area contributed by atoms with Crippen LogP contribution in [0.5, 0.6) is 0 Å². The molecule has 1 aromatic heterocycles. The van der Waals surface area contributed by atoms with E-state index in [1.165, 1.54) is 11.1 Å². The summed E-state index contributed by atoms with van der Waals surface area (Å²) in [7, 11) is 1.99. The third-order valence-electron chi connectivity index (χ3n) is 3.24. The van der Waals surface area contributed by atoms with E-state index in [4.69, 9.17) is 0 Å². The normalized spacial score (nSPS) is 12.9. The number of hydrogen-bond acceptors (Lipinski definition) is 3. The van der Waals surface area contributed by atoms with Gasteiger partial charge in [0.1, 0.15) is 0 Å². The van der Waals surface area contributed by atoms with Crippen LogP contribution in [0.25, 0.3) is 0 Å². The van der Waals surface area contributed by atoms with Gasteiger partial charge in [-0.25, -0.2) is 4.98 Å². The van der Waals surface area contributed by atoms with Gasteiger partial charge in [-0.05, 0) is 30.5 Å². The fraction of sp³-hybridized carbons (Fsp3) is 0.400. The highest BCUT2D eigenvalue weighted by Crippen LogP contribution is 2.20. The van der Waals surface area contributed by atoms with Crippen LogP contribution in [-0.4, -0.2) is 12.0 Å². The SMILES string of the molecule is CNC(Cc1ccc(C(C)C)cc1)c1cscn1. The van der Waals surface area contributed by atoms with E-state index in [0.29, 0.717) is 12.0 Å². The molecule has 1 N–H and O–H groups in total. The summed E-state index contributed by atoms with van der Waals surface area (Å²) in [5.41, 5.74) is 5.78. The molecular weight excluding hydrogens is 240 g/mol. The first-order chi connectivity index (χ1) is 8.70. The molecule has 0 aliphatic heterocycles. The highest BCUT2D eigenvalue weighted by molar-refractivity contribution is 7.07. The summed E-state index contributed by atoms with van der Waals surface area (Å²) in [5, 5.41) is 5.45. The minimum atomic E-state index is 0.307. The van der Waals surface area contributed by atoms with Crippen LogP contribution < -0.4 is 5.32 Å². The molecule has 2 nitrogen and oxygen atoms in total. The number of rotatable bonds is 5. The first-order valence-electron chi connectivity index (χ1n) is 6.35. The molecule has 0 amide bonds. The highest BCUT2D eigenvalue weighted by Gasteiger charge is 2.12. The van der Waals surface area contributed by atoms with Crippen molar-refractivity contribution >= 4 is 11.3 Å². The molecule has 0 bridgehead atoms. The Morgan fingerprint density at radius 3 is 2.44 bits per heavy atom. The van der Waals surface area contributed by atoms with Crippen molar-refractivity contribution in [2.45, 2.75) is 32.2 Å². The smallest absolute Gasteiger partial charge is 0.0795 e. The van der Waals surface area contributed by atoms with Gasteiger partial charge in [0.05, 0.1) is 17.2 Å². The van der Waals surface area contributed by atoms with Gasteiger partial charge in [-0.15, -0.1) is 11.3 Å². The molecule has 18 heavy (non-hydrogen) atoms. The third-order valence-corrected chi connectivity index (χ3v) is 3.85. The summed E-state index contributed by atoms with van der Waals surface area (Å²) in [4.78, 5) is 4.39. The number of hydrogen-bond donors (Lipinski definition) is 1. The summed E-state index contributed by atoms with van der Waals surface area (Å²) in [6, 6.07) is 9.22. The van der Waals surface area contributed by atoms with Crippen LogP contribution in [0.2, 0.25) is 0 Å². The first-order valence-corrected chi connectivity index (χ1v) is 7.29. The van der Waals surface area contributed by atoms with Gasteiger partial charge in [0.15, 0.2) is 0 Å². The minimum Gasteiger partial charge on any atom is -0.311 e. The van der Waals surface area contributed by atoms with E-state index in [-0.39, 0.29) is 0 Å². The molecule has 0 saturated heterocycles. The third kappa shape index (κ3) is 3.18. The van der Waals surface area contributed by atoms with Crippen LogP contribution >= 0.6 is 11.3 Å². The van der Waals surface area contributed by atoms with Crippen molar-refractivity contribution in [1.82, 2.24) is 10.3 Å². The Morgan fingerprint density at radius 1 is 1.22 bits per heavy atom. The van der Waals surface area contributed by atoms with Gasteiger partial charge in [0, 0.05) is 5.38 Å². The molecule has 1 unspecified atom stereocenters. The summed E-state index contributed by atoms with van der Waals surface area (Å²) in [6.07, 6.45) is 0.985. The number of aromatic nitrogens is 1. The van der Waals surface area contributed by atoms with Gasteiger partial charge in [0.25, 0.3) is 0 Å². The zero-order valence-electron chi connectivity index (χ0n) is 11.2. The van der Waals surface area contributed by atoms with E-state index in [1.807, 2.05) is 12.6 Å². The summed E-state index contributed by atoms with van der Waals surface area (Å²) >= 11 is 1.65. The zero-order valence-corrected chi connectivity index (χ0v) is 12.0. The Labute approximate surface area is 113 Å². The number of benzene rings is 1. The van der Waals surface area contributed by atoms with Crippen LogP contribution in [-0.2, 0) is 6.42 Å². The Balaban J connectivity index is 2.08. The molecule has 0 saturated carbocycles. The van der Waals surface area contributed by atoms with E-state index >= 15 is 0 Å². The summed E-state index contributed by atoms with van der Waals surface area (Å²) < 4.78 is 0. The van der Waals surface area contributed by atoms with E-state index in [1.54, 1.807) is 11.3 Å². The number of thiazole rings is 1. The second-order valence-corrected chi connectivity index (χ2v) is 5.57. The van der Waals surface area contributed by atoms with Crippen molar-refractivity contribution in [2.24, 2.45) is 0 Å². The maximum absolute atomic E-state index is 4.39. The quantitative estimate of drug-likeness (QED) is 0.885. The monoisotopic (exact) mass is 260 g/mol. The van der Waals surface area contributed by atoms with Crippen LogP contribution in [0.15, 0.2) is 35.2 Å². The summed E-state index contributed by atoms with van der Waals surface area (Å²) in [6.45, 7) is 4.45. The maximum atomic E-state index is 4.39. The topological polar surface area (TPSA) is 24.9 Å². The lowest BCUT2D eigenvalue weighted by Gasteiger charge is -2.14. The fourth-order valence-corrected chi connectivity index (χ4v) is 2.63. The second kappa shape index (κ2) is 6.12. The van der Waals surface area contributed by atoms with Crippen molar-refractivity contribution in [3.05, 3.63) is 52.0 Å². The molecule has 2 aromatic rings. The lowest BCUT2D eigenvalue weighted by Crippen LogP contribution is -2.19. The predicted molar refractivity (Wildman–Crippen MR) is 78.1 cm³/mol. The molecule has 0 aliphatic carbocycles. The van der Waals surface area contributed by atoms with Crippen molar-refractivity contribution in [3.8, 4) is 0 Å². The van der Waals surface area contributed by atoms with Crippen LogP contribution in [0, 0.1) is 0 Å². The first kappa shape index (κ1) is 13.2. The van der Waals surface area contributed by atoms with E-state index < -0.39 is 0 Å². The highest BCUT2D eigenvalue weighted by atomic mass is 32.1. The van der Waals surface area contributed by atoms with Gasteiger partial charge in [0.2, 0.25) is 0 Å². The van der Waals surface area contributed by atoms with Crippen LogP contribution in [0.3, 0.4) is 0 Å². The van der Waals surface area contributed by atoms with E-state index in [9.17, 15) is 0 Å². The summed E-state index contributed by atoms with van der Waals surface area (Å²) in [5.74, 6) is 0.595. The average molecular weight is 260 g/mol. The average Bonchev–Trinajstić information content (AvgIpc) is 2.90. The molecule has 1 atom stereocenters. The van der Waals surface area contributed by atoms with Gasteiger partial charge in [-0.2, -0.15) is 0 Å². The Kier molecular flexibility index (Phi) is 4.50. The van der Waals surface area contributed by atoms with Crippen molar-refractivity contribution < 1.29 is 0 Å². The molecule has 1 aromatic carbocycles. The predicted octanol–water partition coefficient (Wildman–Crippen LogP) is 3.77. The molecule has 1 heterocycles. The molecule has 3 heteroatoms. The molecule has 0 radical (unpaired) electrons. The lowest BCUT2D eigenvalue weighted by molar-refractivity contribution is 0.579. The largest absolute Gasteiger partial charge is 0.311 e. The van der Waals surface area contributed by atoms with E-state index in [2.05, 4.69) is 53.8 Å². The second-order valence-electron chi connectivity index (χ2n) is 4.85. The van der Waals surface area contributed by atoms with E-state index in [0.717, 1.165) is 12.1 Å². The maximum Gasteiger partial charge on any atom is 0.0795 e. The van der Waals surface area contributed by atoms with Crippen molar-refractivity contribution in [3.63, 3.8) is 0 Å². The Bertz CT molecular complexity index is 460. The number of nitrogens with one attached hydrogen (secondary N) is 1. The number of likely N-dealkylation sites (N-methyl/N-ethyl adjacent to an activating group) is 1.